The van der Waals surface area contributed by atoms with Crippen molar-refractivity contribution in [3.8, 4) is 5.75 Å². The van der Waals surface area contributed by atoms with Gasteiger partial charge >= 0.3 is 0 Å². The number of ether oxygens (including phenoxy) is 1. The lowest BCUT2D eigenvalue weighted by molar-refractivity contribution is 0.305. The van der Waals surface area contributed by atoms with Gasteiger partial charge in [0.1, 0.15) is 0 Å². The van der Waals surface area contributed by atoms with Crippen molar-refractivity contribution in [1.29, 1.82) is 0 Å². The molecule has 0 amide bonds. The van der Waals surface area contributed by atoms with Gasteiger partial charge in [0.05, 0.1) is 17.3 Å². The number of nitrogens with one attached hydrogen (secondary N) is 1. The van der Waals surface area contributed by atoms with Gasteiger partial charge in [-0.1, -0.05) is 26.0 Å². The number of rotatable bonds is 8. The molecule has 0 fully saturated rings. The topological polar surface area (TPSA) is 34.1 Å². The first kappa shape index (κ1) is 15.9. The van der Waals surface area contributed by atoms with Gasteiger partial charge in [-0.05, 0) is 24.6 Å². The molecule has 0 atom stereocenters. The maximum Gasteiger partial charge on any atom is 0.165 e. The second kappa shape index (κ2) is 8.10. The van der Waals surface area contributed by atoms with Crippen molar-refractivity contribution in [1.82, 2.24) is 10.3 Å². The second-order valence-corrected chi connectivity index (χ2v) is 6.23. The van der Waals surface area contributed by atoms with Crippen LogP contribution in [0.5, 0.6) is 5.75 Å². The molecule has 0 radical (unpaired) electrons. The minimum atomic E-state index is -0.324. The van der Waals surface area contributed by atoms with Crippen LogP contribution in [0.4, 0.5) is 4.39 Å². The van der Waals surface area contributed by atoms with E-state index in [4.69, 9.17) is 4.74 Å². The first-order chi connectivity index (χ1) is 10.1. The summed E-state index contributed by atoms with van der Waals surface area (Å²) >= 11 is 1.62. The number of para-hydroxylation sites is 1. The van der Waals surface area contributed by atoms with Crippen LogP contribution >= 0.6 is 11.3 Å². The Balaban J connectivity index is 1.74. The van der Waals surface area contributed by atoms with Crippen molar-refractivity contribution >= 4 is 11.3 Å². The van der Waals surface area contributed by atoms with Crippen molar-refractivity contribution < 1.29 is 9.13 Å². The number of halogens is 1. The first-order valence-corrected chi connectivity index (χ1v) is 8.04. The highest BCUT2D eigenvalue weighted by Crippen LogP contribution is 2.16. The van der Waals surface area contributed by atoms with Gasteiger partial charge in [0.2, 0.25) is 0 Å². The molecule has 2 rings (SSSR count). The molecule has 5 heteroatoms. The highest BCUT2D eigenvalue weighted by Gasteiger charge is 2.05. The number of benzene rings is 1. The van der Waals surface area contributed by atoms with Gasteiger partial charge in [0, 0.05) is 18.3 Å². The van der Waals surface area contributed by atoms with E-state index in [0.29, 0.717) is 24.7 Å². The largest absolute Gasteiger partial charge is 0.490 e. The summed E-state index contributed by atoms with van der Waals surface area (Å²) in [5, 5.41) is 6.45. The molecule has 114 valence electrons. The van der Waals surface area contributed by atoms with Crippen LogP contribution < -0.4 is 10.1 Å². The van der Waals surface area contributed by atoms with Crippen molar-refractivity contribution in [3.63, 3.8) is 0 Å². The average molecular weight is 308 g/mol. The lowest BCUT2D eigenvalue weighted by Gasteiger charge is -2.05. The fourth-order valence-electron chi connectivity index (χ4n) is 1.84. The second-order valence-electron chi connectivity index (χ2n) is 5.29. The van der Waals surface area contributed by atoms with Crippen LogP contribution in [0.15, 0.2) is 29.6 Å². The smallest absolute Gasteiger partial charge is 0.165 e. The Bertz CT molecular complexity index is 557. The van der Waals surface area contributed by atoms with Crippen LogP contribution in [0.1, 0.15) is 24.5 Å². The number of hydrogen-bond donors (Lipinski definition) is 1. The zero-order valence-corrected chi connectivity index (χ0v) is 13.3. The first-order valence-electron chi connectivity index (χ1n) is 7.16. The lowest BCUT2D eigenvalue weighted by atomic mass is 10.2. The Labute approximate surface area is 129 Å². The van der Waals surface area contributed by atoms with Crippen molar-refractivity contribution in [2.45, 2.75) is 26.8 Å². The molecule has 2 aromatic rings. The van der Waals surface area contributed by atoms with E-state index in [-0.39, 0.29) is 5.82 Å². The summed E-state index contributed by atoms with van der Waals surface area (Å²) in [5.74, 6) is 0.611. The molecule has 0 saturated heterocycles. The number of thiazole rings is 1. The molecule has 0 saturated carbocycles. The van der Waals surface area contributed by atoms with Crippen LogP contribution in [-0.2, 0) is 13.0 Å². The predicted molar refractivity (Wildman–Crippen MR) is 84.3 cm³/mol. The molecule has 3 nitrogen and oxygen atoms in total. The van der Waals surface area contributed by atoms with Gasteiger partial charge in [-0.2, -0.15) is 0 Å². The monoisotopic (exact) mass is 308 g/mol. The molecule has 0 unspecified atom stereocenters. The van der Waals surface area contributed by atoms with Crippen molar-refractivity contribution in [2.75, 3.05) is 13.2 Å². The number of nitrogens with zero attached hydrogens (tertiary/aromatic N) is 1. The normalized spacial score (nSPS) is 11.0. The number of aromatic nitrogens is 1. The Hall–Kier alpha value is -1.46. The molecule has 0 spiro atoms. The maximum absolute atomic E-state index is 13.4. The van der Waals surface area contributed by atoms with E-state index in [1.54, 1.807) is 29.5 Å². The standard InChI is InChI=1S/C16H21FN2OS/c1-12(2)9-18-10-13-11-21-16(19-13)7-8-20-15-6-4-3-5-14(15)17/h3-6,11-12,18H,7-10H2,1-2H3. The molecule has 0 bridgehead atoms. The predicted octanol–water partition coefficient (Wildman–Crippen LogP) is 3.65. The van der Waals surface area contributed by atoms with Gasteiger partial charge in [-0.25, -0.2) is 9.37 Å². The van der Waals surface area contributed by atoms with Crippen molar-refractivity contribution in [2.24, 2.45) is 5.92 Å². The molecular formula is C16H21FN2OS. The van der Waals surface area contributed by atoms with E-state index < -0.39 is 0 Å². The molecule has 1 heterocycles. The van der Waals surface area contributed by atoms with Gasteiger partial charge in [0.15, 0.2) is 11.6 Å². The third kappa shape index (κ3) is 5.44. The highest BCUT2D eigenvalue weighted by molar-refractivity contribution is 7.09. The molecule has 0 aliphatic heterocycles. The zero-order valence-electron chi connectivity index (χ0n) is 12.4. The SMILES string of the molecule is CC(C)CNCc1csc(CCOc2ccccc2F)n1. The Morgan fingerprint density at radius 2 is 2.14 bits per heavy atom. The molecule has 1 aromatic carbocycles. The quantitative estimate of drug-likeness (QED) is 0.808. The molecular weight excluding hydrogens is 287 g/mol. The molecule has 1 aromatic heterocycles. The van der Waals surface area contributed by atoms with Crippen LogP contribution in [0.25, 0.3) is 0 Å². The van der Waals surface area contributed by atoms with E-state index in [1.165, 1.54) is 6.07 Å². The minimum Gasteiger partial charge on any atom is -0.490 e. The third-order valence-corrected chi connectivity index (χ3v) is 3.83. The fourth-order valence-corrected chi connectivity index (χ4v) is 2.62. The fraction of sp³-hybridized carbons (Fsp3) is 0.438. The average Bonchev–Trinajstić information content (AvgIpc) is 2.88. The Kier molecular flexibility index (Phi) is 6.14. The van der Waals surface area contributed by atoms with E-state index in [9.17, 15) is 4.39 Å². The molecule has 0 aliphatic rings. The molecule has 21 heavy (non-hydrogen) atoms. The van der Waals surface area contributed by atoms with Crippen molar-refractivity contribution in [3.05, 3.63) is 46.2 Å². The Morgan fingerprint density at radius 3 is 2.90 bits per heavy atom. The van der Waals surface area contributed by atoms with Gasteiger partial charge < -0.3 is 10.1 Å². The lowest BCUT2D eigenvalue weighted by Crippen LogP contribution is -2.19. The Morgan fingerprint density at radius 1 is 1.33 bits per heavy atom. The maximum atomic E-state index is 13.4. The van der Waals surface area contributed by atoms with E-state index in [1.807, 2.05) is 0 Å². The van der Waals surface area contributed by atoms with Gasteiger partial charge in [0.25, 0.3) is 0 Å². The van der Waals surface area contributed by atoms with Crippen LogP contribution in [0.2, 0.25) is 0 Å². The van der Waals surface area contributed by atoms with Crippen LogP contribution in [0, 0.1) is 11.7 Å². The van der Waals surface area contributed by atoms with Crippen LogP contribution in [-0.4, -0.2) is 18.1 Å². The van der Waals surface area contributed by atoms with Gasteiger partial charge in [-0.15, -0.1) is 11.3 Å². The molecule has 1 N–H and O–H groups in total. The number of hydrogen-bond acceptors (Lipinski definition) is 4. The minimum absolute atomic E-state index is 0.299. The van der Waals surface area contributed by atoms with E-state index in [0.717, 1.165) is 23.8 Å². The highest BCUT2D eigenvalue weighted by atomic mass is 32.1. The summed E-state index contributed by atoms with van der Waals surface area (Å²) in [5.41, 5.74) is 1.06. The third-order valence-electron chi connectivity index (χ3n) is 2.87. The summed E-state index contributed by atoms with van der Waals surface area (Å²) < 4.78 is 18.8. The summed E-state index contributed by atoms with van der Waals surface area (Å²) in [6.45, 7) is 6.58. The summed E-state index contributed by atoms with van der Waals surface area (Å²) in [7, 11) is 0. The zero-order chi connectivity index (χ0) is 15.1. The summed E-state index contributed by atoms with van der Waals surface area (Å²) in [6.07, 6.45) is 0.698. The summed E-state index contributed by atoms with van der Waals surface area (Å²) in [6, 6.07) is 6.45. The molecule has 0 aliphatic carbocycles. The van der Waals surface area contributed by atoms with Gasteiger partial charge in [-0.3, -0.25) is 0 Å². The summed E-state index contributed by atoms with van der Waals surface area (Å²) in [4.78, 5) is 4.54. The van der Waals surface area contributed by atoms with E-state index >= 15 is 0 Å². The van der Waals surface area contributed by atoms with E-state index in [2.05, 4.69) is 29.5 Å². The van der Waals surface area contributed by atoms with Crippen LogP contribution in [0.3, 0.4) is 0 Å².